The highest BCUT2D eigenvalue weighted by atomic mass is 16.2. The first-order valence-corrected chi connectivity index (χ1v) is 27.4. The van der Waals surface area contributed by atoms with Gasteiger partial charge in [0.2, 0.25) is 65.0 Å². The lowest BCUT2D eigenvalue weighted by atomic mass is 9.94. The summed E-state index contributed by atoms with van der Waals surface area (Å²) in [6.45, 7) is 26.3. The molecule has 0 spiro atoms. The molecule has 22 heteroatoms. The van der Waals surface area contributed by atoms with E-state index in [-0.39, 0.29) is 75.4 Å². The van der Waals surface area contributed by atoms with Gasteiger partial charge in [0.05, 0.1) is 0 Å². The van der Waals surface area contributed by atoms with Crippen molar-refractivity contribution in [3.05, 3.63) is 0 Å². The summed E-state index contributed by atoms with van der Waals surface area (Å²) in [5, 5.41) is 22.0. The number of nitrogens with one attached hydrogen (secondary N) is 8. The topological polar surface area (TPSA) is 294 Å². The number of carbonyl (C=O) groups is 11. The van der Waals surface area contributed by atoms with E-state index in [2.05, 4.69) is 42.5 Å². The molecule has 0 aromatic heterocycles. The van der Waals surface area contributed by atoms with E-state index >= 15 is 0 Å². The predicted octanol–water partition coefficient (Wildman–Crippen LogP) is 1.60. The van der Waals surface area contributed by atoms with Crippen molar-refractivity contribution in [1.82, 2.24) is 57.2 Å². The van der Waals surface area contributed by atoms with Crippen LogP contribution in [0.1, 0.15) is 149 Å². The molecule has 8 N–H and O–H groups in total. The molecule has 1 aliphatic heterocycles. The maximum Gasteiger partial charge on any atom is 0.245 e. The molecule has 11 amide bonds. The molecule has 10 atom stereocenters. The van der Waals surface area contributed by atoms with Gasteiger partial charge in [-0.05, 0) is 61.2 Å². The summed E-state index contributed by atoms with van der Waals surface area (Å²) in [7, 11) is 4.39. The van der Waals surface area contributed by atoms with Crippen LogP contribution in [0, 0.1) is 41.4 Å². The molecule has 0 bridgehead atoms. The van der Waals surface area contributed by atoms with Gasteiger partial charge in [0.15, 0.2) is 0 Å². The van der Waals surface area contributed by atoms with Crippen LogP contribution in [-0.2, 0) is 52.7 Å². The fourth-order valence-corrected chi connectivity index (χ4v) is 9.26. The van der Waals surface area contributed by atoms with E-state index < -0.39 is 131 Å². The van der Waals surface area contributed by atoms with Gasteiger partial charge in [0.1, 0.15) is 48.3 Å². The summed E-state index contributed by atoms with van der Waals surface area (Å²) in [5.41, 5.74) is 0. The molecule has 22 nitrogen and oxygen atoms in total. The molecule has 1 heterocycles. The minimum Gasteiger partial charge on any atom is -0.354 e. The van der Waals surface area contributed by atoms with Gasteiger partial charge in [-0.25, -0.2) is 0 Å². The Morgan fingerprint density at radius 3 is 1.18 bits per heavy atom. The highest BCUT2D eigenvalue weighted by Crippen LogP contribution is 2.20. The molecule has 0 saturated carbocycles. The molecule has 0 aromatic carbocycles. The average molecular weight is 1080 g/mol. The zero-order chi connectivity index (χ0) is 58.5. The van der Waals surface area contributed by atoms with Gasteiger partial charge in [0, 0.05) is 60.0 Å². The molecular formula is C54H97N11O11. The van der Waals surface area contributed by atoms with Crippen molar-refractivity contribution >= 4 is 65.0 Å². The number of amides is 11. The summed E-state index contributed by atoms with van der Waals surface area (Å²) in [6.07, 6.45) is 0.756. The van der Waals surface area contributed by atoms with Crippen molar-refractivity contribution < 1.29 is 52.7 Å². The largest absolute Gasteiger partial charge is 0.354 e. The van der Waals surface area contributed by atoms with Crippen molar-refractivity contribution in [3.63, 3.8) is 0 Å². The Morgan fingerprint density at radius 1 is 0.408 bits per heavy atom. The lowest BCUT2D eigenvalue weighted by Gasteiger charge is -2.35. The molecule has 0 aliphatic carbocycles. The van der Waals surface area contributed by atoms with E-state index in [1.165, 1.54) is 42.8 Å². The van der Waals surface area contributed by atoms with Gasteiger partial charge in [-0.2, -0.15) is 0 Å². The third-order valence-electron chi connectivity index (χ3n) is 14.0. The lowest BCUT2D eigenvalue weighted by Crippen LogP contribution is -2.60. The highest BCUT2D eigenvalue weighted by Gasteiger charge is 2.40. The van der Waals surface area contributed by atoms with Crippen molar-refractivity contribution in [3.8, 4) is 0 Å². The number of nitrogens with zero attached hydrogens (tertiary/aromatic N) is 3. The predicted molar refractivity (Wildman–Crippen MR) is 290 cm³/mol. The van der Waals surface area contributed by atoms with Crippen molar-refractivity contribution in [2.75, 3.05) is 40.8 Å². The molecule has 10 unspecified atom stereocenters. The smallest absolute Gasteiger partial charge is 0.245 e. The van der Waals surface area contributed by atoms with Crippen LogP contribution in [0.5, 0.6) is 0 Å². The first-order chi connectivity index (χ1) is 35.3. The quantitative estimate of drug-likeness (QED) is 0.147. The van der Waals surface area contributed by atoms with Crippen molar-refractivity contribution in [2.24, 2.45) is 41.4 Å². The number of likely N-dealkylation sites (N-methyl/N-ethyl adjacent to an activating group) is 3. The van der Waals surface area contributed by atoms with E-state index in [4.69, 9.17) is 0 Å². The summed E-state index contributed by atoms with van der Waals surface area (Å²) >= 11 is 0. The molecule has 1 saturated heterocycles. The maximum absolute atomic E-state index is 14.3. The second-order valence-corrected chi connectivity index (χ2v) is 22.6. The normalized spacial score (nSPS) is 26.4. The highest BCUT2D eigenvalue weighted by molar-refractivity contribution is 5.97. The van der Waals surface area contributed by atoms with Crippen molar-refractivity contribution in [2.45, 2.75) is 197 Å². The summed E-state index contributed by atoms with van der Waals surface area (Å²) in [4.78, 5) is 156. The fourth-order valence-electron chi connectivity index (χ4n) is 9.26. The van der Waals surface area contributed by atoms with Crippen LogP contribution in [0.3, 0.4) is 0 Å². The number of rotatable bonds is 11. The minimum atomic E-state index is -1.10. The third-order valence-corrected chi connectivity index (χ3v) is 14.0. The van der Waals surface area contributed by atoms with Gasteiger partial charge >= 0.3 is 0 Å². The molecule has 0 radical (unpaired) electrons. The SMILES string of the molecule is CCC(C)C1NC(=O)CCNC(=O)C(C(C)C)N(C)C(=O)C(CC(C)C)NC(=O)CCNC(=O)C(C(C)C)NC(=O)C(C(C)CC)N(C)C(=O)C(CC(C)C)NC(=O)CCNC(=O)C(C)NC(=O)C(C(C)C)N(C)C1=O. The summed E-state index contributed by atoms with van der Waals surface area (Å²) in [5.74, 6) is -8.32. The zero-order valence-corrected chi connectivity index (χ0v) is 49.1. The van der Waals surface area contributed by atoms with E-state index in [0.717, 1.165) is 0 Å². The number of hydrogen-bond acceptors (Lipinski definition) is 11. The van der Waals surface area contributed by atoms with Gasteiger partial charge < -0.3 is 57.2 Å². The molecule has 76 heavy (non-hydrogen) atoms. The monoisotopic (exact) mass is 1080 g/mol. The molecule has 0 aromatic rings. The Bertz CT molecular complexity index is 2000. The van der Waals surface area contributed by atoms with Crippen LogP contribution >= 0.6 is 0 Å². The molecule has 1 fully saturated rings. The first kappa shape index (κ1) is 68.2. The van der Waals surface area contributed by atoms with Crippen molar-refractivity contribution in [1.29, 1.82) is 0 Å². The second kappa shape index (κ2) is 32.7. The third kappa shape index (κ3) is 21.3. The Morgan fingerprint density at radius 2 is 0.776 bits per heavy atom. The Labute approximate surface area is 453 Å². The van der Waals surface area contributed by atoms with E-state index in [1.807, 2.05) is 41.5 Å². The fraction of sp³-hybridized carbons (Fsp3) is 0.796. The summed E-state index contributed by atoms with van der Waals surface area (Å²) in [6, 6.07) is -8.42. The Kier molecular flexibility index (Phi) is 29.3. The first-order valence-electron chi connectivity index (χ1n) is 27.4. The van der Waals surface area contributed by atoms with Gasteiger partial charge in [-0.15, -0.1) is 0 Å². The van der Waals surface area contributed by atoms with Crippen LogP contribution in [0.4, 0.5) is 0 Å². The number of carbonyl (C=O) groups excluding carboxylic acids is 11. The van der Waals surface area contributed by atoms with Crippen LogP contribution < -0.4 is 42.5 Å². The second-order valence-electron chi connectivity index (χ2n) is 22.6. The molecular weight excluding hydrogens is 979 g/mol. The maximum atomic E-state index is 14.3. The number of hydrogen-bond donors (Lipinski definition) is 8. The van der Waals surface area contributed by atoms with E-state index in [0.29, 0.717) is 12.8 Å². The van der Waals surface area contributed by atoms with Gasteiger partial charge in [0.25, 0.3) is 0 Å². The summed E-state index contributed by atoms with van der Waals surface area (Å²) < 4.78 is 0. The van der Waals surface area contributed by atoms with E-state index in [9.17, 15) is 52.7 Å². The molecule has 1 rings (SSSR count). The van der Waals surface area contributed by atoms with Crippen LogP contribution in [-0.4, -0.2) is 169 Å². The van der Waals surface area contributed by atoms with Crippen LogP contribution in [0.25, 0.3) is 0 Å². The lowest BCUT2D eigenvalue weighted by molar-refractivity contribution is -0.145. The van der Waals surface area contributed by atoms with Crippen LogP contribution in [0.15, 0.2) is 0 Å². The van der Waals surface area contributed by atoms with Gasteiger partial charge in [-0.1, -0.05) is 110 Å². The minimum absolute atomic E-state index is 0.0535. The zero-order valence-electron chi connectivity index (χ0n) is 49.1. The average Bonchev–Trinajstić information content (AvgIpc) is 3.32. The van der Waals surface area contributed by atoms with Gasteiger partial charge in [-0.3, -0.25) is 52.7 Å². The Hall–Kier alpha value is -5.83. The van der Waals surface area contributed by atoms with E-state index in [1.54, 1.807) is 55.4 Å². The standard InChI is InChI=1S/C54H97N11O11/c1-19-34(13)43-54(76)64(17)45(33(11)12)50(72)58-36(15)47(69)55-24-21-39(66)60-38(28-30(5)6)53(75)65(18)46(35(14)20-2)51(73)62-42(31(7)8)48(70)56-25-22-40(67)59-37(27-29(3)4)52(74)63(16)44(32(9)10)49(71)57-26-23-41(68)61-43/h29-38,42-46H,19-28H2,1-18H3,(H,55,69)(H,56,70)(H,57,71)(H,58,72)(H,59,67)(H,60,66)(H,61,68)(H,62,73). The molecule has 434 valence electrons. The molecule has 1 aliphatic rings. The van der Waals surface area contributed by atoms with Crippen LogP contribution in [0.2, 0.25) is 0 Å². The Balaban J connectivity index is 3.73.